The van der Waals surface area contributed by atoms with E-state index in [4.69, 9.17) is 5.73 Å². The van der Waals surface area contributed by atoms with Gasteiger partial charge in [-0.2, -0.15) is 0 Å². The molecule has 0 heterocycles. The van der Waals surface area contributed by atoms with Crippen LogP contribution in [0.5, 0.6) is 0 Å². The number of likely N-dealkylation sites (N-methyl/N-ethyl adjacent to an activating group) is 1. The van der Waals surface area contributed by atoms with E-state index >= 15 is 0 Å². The first-order chi connectivity index (χ1) is 9.45. The highest BCUT2D eigenvalue weighted by Crippen LogP contribution is 2.33. The van der Waals surface area contributed by atoms with Crippen LogP contribution in [-0.2, 0) is 5.54 Å². The van der Waals surface area contributed by atoms with Crippen LogP contribution in [-0.4, -0.2) is 25.0 Å². The Balaban J connectivity index is 3.15. The molecule has 0 aliphatic rings. The fourth-order valence-corrected chi connectivity index (χ4v) is 2.98. The molecule has 20 heavy (non-hydrogen) atoms. The van der Waals surface area contributed by atoms with Crippen LogP contribution in [0, 0.1) is 5.82 Å². The second kappa shape index (κ2) is 7.75. The molecular formula is C17H29FN2. The maximum absolute atomic E-state index is 13.2. The van der Waals surface area contributed by atoms with Crippen LogP contribution in [0.25, 0.3) is 0 Å². The maximum atomic E-state index is 13.2. The van der Waals surface area contributed by atoms with E-state index in [1.807, 2.05) is 12.1 Å². The molecule has 1 aromatic rings. The minimum atomic E-state index is -0.413. The highest BCUT2D eigenvalue weighted by Gasteiger charge is 2.36. The molecule has 0 fully saturated rings. The summed E-state index contributed by atoms with van der Waals surface area (Å²) in [6.45, 7) is 4.36. The van der Waals surface area contributed by atoms with Gasteiger partial charge in [0.2, 0.25) is 0 Å². The largest absolute Gasteiger partial charge is 0.320 e. The van der Waals surface area contributed by atoms with Gasteiger partial charge in [0.25, 0.3) is 0 Å². The Morgan fingerprint density at radius 1 is 1.15 bits per heavy atom. The minimum absolute atomic E-state index is 0.205. The number of nitrogens with two attached hydrogens (primary N) is 1. The lowest BCUT2D eigenvalue weighted by Crippen LogP contribution is -2.54. The Hall–Kier alpha value is -0.930. The predicted molar refractivity (Wildman–Crippen MR) is 84.2 cm³/mol. The summed E-state index contributed by atoms with van der Waals surface area (Å²) < 4.78 is 13.2. The van der Waals surface area contributed by atoms with E-state index in [-0.39, 0.29) is 11.9 Å². The summed E-state index contributed by atoms with van der Waals surface area (Å²) in [6, 6.07) is 6.99. The van der Waals surface area contributed by atoms with Crippen LogP contribution in [0.4, 0.5) is 4.39 Å². The van der Waals surface area contributed by atoms with Gasteiger partial charge in [-0.15, -0.1) is 0 Å². The number of unbranched alkanes of at least 4 members (excludes halogenated alkanes) is 1. The van der Waals surface area contributed by atoms with Gasteiger partial charge in [0, 0.05) is 6.04 Å². The van der Waals surface area contributed by atoms with Crippen molar-refractivity contribution in [2.75, 3.05) is 14.1 Å². The molecule has 1 rings (SSSR count). The Morgan fingerprint density at radius 3 is 2.20 bits per heavy atom. The molecule has 0 spiro atoms. The van der Waals surface area contributed by atoms with Crippen LogP contribution in [0.3, 0.4) is 0 Å². The minimum Gasteiger partial charge on any atom is -0.320 e. The lowest BCUT2D eigenvalue weighted by Gasteiger charge is -2.42. The first kappa shape index (κ1) is 17.1. The van der Waals surface area contributed by atoms with Gasteiger partial charge in [-0.25, -0.2) is 4.39 Å². The topological polar surface area (TPSA) is 29.3 Å². The van der Waals surface area contributed by atoms with Crippen LogP contribution >= 0.6 is 0 Å². The SMILES string of the molecule is CCCCC(N)(c1ccc(F)cc1)C(CCC)N(C)C. The Kier molecular flexibility index (Phi) is 6.63. The van der Waals surface area contributed by atoms with Gasteiger partial charge in [0.1, 0.15) is 5.82 Å². The molecule has 0 amide bonds. The Labute approximate surface area is 123 Å². The van der Waals surface area contributed by atoms with E-state index in [0.717, 1.165) is 37.7 Å². The molecule has 0 bridgehead atoms. The molecule has 2 N–H and O–H groups in total. The molecule has 0 radical (unpaired) electrons. The van der Waals surface area contributed by atoms with E-state index < -0.39 is 5.54 Å². The van der Waals surface area contributed by atoms with Crippen LogP contribution in [0.15, 0.2) is 24.3 Å². The number of benzene rings is 1. The monoisotopic (exact) mass is 280 g/mol. The van der Waals surface area contributed by atoms with Gasteiger partial charge < -0.3 is 10.6 Å². The quantitative estimate of drug-likeness (QED) is 0.782. The molecule has 0 saturated carbocycles. The third kappa shape index (κ3) is 4.03. The summed E-state index contributed by atoms with van der Waals surface area (Å²) in [7, 11) is 4.16. The van der Waals surface area contributed by atoms with Crippen molar-refractivity contribution in [3.63, 3.8) is 0 Å². The van der Waals surface area contributed by atoms with Crippen molar-refractivity contribution in [1.29, 1.82) is 0 Å². The number of halogens is 1. The zero-order chi connectivity index (χ0) is 15.2. The highest BCUT2D eigenvalue weighted by molar-refractivity contribution is 5.27. The molecule has 0 aromatic heterocycles. The molecule has 2 atom stereocenters. The fraction of sp³-hybridized carbons (Fsp3) is 0.647. The summed E-state index contributed by atoms with van der Waals surface area (Å²) in [5.74, 6) is -0.205. The average Bonchev–Trinajstić information content (AvgIpc) is 2.42. The molecule has 2 unspecified atom stereocenters. The van der Waals surface area contributed by atoms with Crippen LogP contribution in [0.1, 0.15) is 51.5 Å². The van der Waals surface area contributed by atoms with Gasteiger partial charge in [-0.3, -0.25) is 0 Å². The predicted octanol–water partition coefficient (Wildman–Crippen LogP) is 3.90. The lowest BCUT2D eigenvalue weighted by atomic mass is 9.77. The molecule has 3 heteroatoms. The third-order valence-electron chi connectivity index (χ3n) is 4.11. The van der Waals surface area contributed by atoms with Crippen molar-refractivity contribution in [3.8, 4) is 0 Å². The molecule has 0 aliphatic heterocycles. The van der Waals surface area contributed by atoms with Crippen molar-refractivity contribution in [2.24, 2.45) is 5.73 Å². The van der Waals surface area contributed by atoms with Crippen molar-refractivity contribution in [2.45, 2.75) is 57.5 Å². The zero-order valence-electron chi connectivity index (χ0n) is 13.3. The third-order valence-corrected chi connectivity index (χ3v) is 4.11. The second-order valence-electron chi connectivity index (χ2n) is 5.92. The number of rotatable bonds is 8. The second-order valence-corrected chi connectivity index (χ2v) is 5.92. The van der Waals surface area contributed by atoms with Crippen LogP contribution < -0.4 is 5.73 Å². The normalized spacial score (nSPS) is 16.1. The van der Waals surface area contributed by atoms with Gasteiger partial charge in [0.05, 0.1) is 5.54 Å². The number of nitrogens with zero attached hydrogens (tertiary/aromatic N) is 1. The Bertz CT molecular complexity index is 388. The van der Waals surface area contributed by atoms with Crippen molar-refractivity contribution >= 4 is 0 Å². The molecule has 2 nitrogen and oxygen atoms in total. The molecular weight excluding hydrogens is 251 g/mol. The van der Waals surface area contributed by atoms with Crippen molar-refractivity contribution in [1.82, 2.24) is 4.90 Å². The first-order valence-corrected chi connectivity index (χ1v) is 7.67. The zero-order valence-corrected chi connectivity index (χ0v) is 13.3. The van der Waals surface area contributed by atoms with E-state index in [2.05, 4.69) is 32.8 Å². The smallest absolute Gasteiger partial charge is 0.123 e. The van der Waals surface area contributed by atoms with E-state index in [0.29, 0.717) is 0 Å². The maximum Gasteiger partial charge on any atom is 0.123 e. The molecule has 1 aromatic carbocycles. The van der Waals surface area contributed by atoms with Gasteiger partial charge in [0.15, 0.2) is 0 Å². The molecule has 0 aliphatic carbocycles. The summed E-state index contributed by atoms with van der Waals surface area (Å²) in [4.78, 5) is 2.21. The molecule has 0 saturated heterocycles. The van der Waals surface area contributed by atoms with Gasteiger partial charge >= 0.3 is 0 Å². The van der Waals surface area contributed by atoms with E-state index in [1.54, 1.807) is 0 Å². The van der Waals surface area contributed by atoms with E-state index in [9.17, 15) is 4.39 Å². The summed E-state index contributed by atoms with van der Waals surface area (Å²) in [6.07, 6.45) is 5.27. The standard InChI is InChI=1S/C17H29FN2/c1-5-7-13-17(19,16(8-6-2)20(3)4)14-9-11-15(18)12-10-14/h9-12,16H,5-8,13,19H2,1-4H3. The average molecular weight is 280 g/mol. The van der Waals surface area contributed by atoms with E-state index in [1.165, 1.54) is 12.1 Å². The summed E-state index contributed by atoms with van der Waals surface area (Å²) >= 11 is 0. The number of hydrogen-bond donors (Lipinski definition) is 1. The van der Waals surface area contributed by atoms with Crippen LogP contribution in [0.2, 0.25) is 0 Å². The molecule has 114 valence electrons. The summed E-state index contributed by atoms with van der Waals surface area (Å²) in [5.41, 5.74) is 7.45. The number of hydrogen-bond acceptors (Lipinski definition) is 2. The Morgan fingerprint density at radius 2 is 1.75 bits per heavy atom. The highest BCUT2D eigenvalue weighted by atomic mass is 19.1. The fourth-order valence-electron chi connectivity index (χ4n) is 2.98. The first-order valence-electron chi connectivity index (χ1n) is 7.67. The van der Waals surface area contributed by atoms with Crippen molar-refractivity contribution < 1.29 is 4.39 Å². The summed E-state index contributed by atoms with van der Waals surface area (Å²) in [5, 5.41) is 0. The lowest BCUT2D eigenvalue weighted by molar-refractivity contribution is 0.152. The van der Waals surface area contributed by atoms with Gasteiger partial charge in [-0.05, 0) is 44.6 Å². The van der Waals surface area contributed by atoms with Gasteiger partial charge in [-0.1, -0.05) is 45.2 Å². The van der Waals surface area contributed by atoms with Crippen molar-refractivity contribution in [3.05, 3.63) is 35.6 Å².